The molecule has 0 radical (unpaired) electrons. The second kappa shape index (κ2) is 8.67. The highest BCUT2D eigenvalue weighted by atomic mass is 16.5. The molecule has 1 aliphatic heterocycles. The summed E-state index contributed by atoms with van der Waals surface area (Å²) in [5.74, 6) is 0.704. The number of nitrogens with zero attached hydrogens (tertiary/aromatic N) is 2. The fourth-order valence-electron chi connectivity index (χ4n) is 3.74. The van der Waals surface area contributed by atoms with Gasteiger partial charge in [0.1, 0.15) is 0 Å². The lowest BCUT2D eigenvalue weighted by Crippen LogP contribution is -2.46. The molecule has 1 heterocycles. The van der Waals surface area contributed by atoms with E-state index in [0.29, 0.717) is 32.5 Å². The first-order valence-corrected chi connectivity index (χ1v) is 9.73. The summed E-state index contributed by atoms with van der Waals surface area (Å²) in [4.78, 5) is 28.8. The van der Waals surface area contributed by atoms with Gasteiger partial charge in [-0.1, -0.05) is 30.3 Å². The van der Waals surface area contributed by atoms with Crippen molar-refractivity contribution < 1.29 is 14.3 Å². The number of hydrogen-bond donors (Lipinski definition) is 0. The summed E-state index contributed by atoms with van der Waals surface area (Å²) in [5, 5.41) is 0. The van der Waals surface area contributed by atoms with Crippen LogP contribution in [0.25, 0.3) is 0 Å². The molecule has 0 aromatic heterocycles. The number of ether oxygens (including phenoxy) is 1. The topological polar surface area (TPSA) is 49.9 Å². The smallest absolute Gasteiger partial charge is 0.308 e. The van der Waals surface area contributed by atoms with Crippen LogP contribution in [0.4, 0.5) is 0 Å². The molecule has 5 nitrogen and oxygen atoms in total. The number of rotatable bonds is 7. The Hall–Kier alpha value is -1.88. The van der Waals surface area contributed by atoms with Gasteiger partial charge in [-0.3, -0.25) is 14.5 Å². The van der Waals surface area contributed by atoms with Gasteiger partial charge in [0.15, 0.2) is 0 Å². The molecular formula is C21H30N2O3. The zero-order valence-electron chi connectivity index (χ0n) is 15.9. The molecule has 142 valence electrons. The molecule has 0 spiro atoms. The summed E-state index contributed by atoms with van der Waals surface area (Å²) in [7, 11) is 1.43. The van der Waals surface area contributed by atoms with Gasteiger partial charge in [-0.25, -0.2) is 0 Å². The Bertz CT molecular complexity index is 607. The number of likely N-dealkylation sites (tertiary alicyclic amines) is 1. The molecule has 1 aliphatic carbocycles. The predicted molar refractivity (Wildman–Crippen MR) is 100 cm³/mol. The number of carbonyl (C=O) groups is 2. The van der Waals surface area contributed by atoms with Crippen molar-refractivity contribution in [2.24, 2.45) is 11.8 Å². The summed E-state index contributed by atoms with van der Waals surface area (Å²) < 4.78 is 4.83. The zero-order valence-corrected chi connectivity index (χ0v) is 15.9. The largest absolute Gasteiger partial charge is 0.469 e. The average molecular weight is 358 g/mol. The molecule has 1 saturated carbocycles. The van der Waals surface area contributed by atoms with Crippen molar-refractivity contribution in [3.8, 4) is 0 Å². The van der Waals surface area contributed by atoms with Crippen LogP contribution in [0.15, 0.2) is 30.3 Å². The summed E-state index contributed by atoms with van der Waals surface area (Å²) in [6.45, 7) is 4.93. The third-order valence-corrected chi connectivity index (χ3v) is 5.74. The molecule has 0 N–H and O–H groups in total. The van der Waals surface area contributed by atoms with Crippen LogP contribution in [-0.4, -0.2) is 55.0 Å². The Labute approximate surface area is 156 Å². The number of esters is 1. The van der Waals surface area contributed by atoms with Gasteiger partial charge in [-0.15, -0.1) is 0 Å². The van der Waals surface area contributed by atoms with Gasteiger partial charge in [0.2, 0.25) is 5.91 Å². The Morgan fingerprint density at radius 2 is 1.81 bits per heavy atom. The molecule has 1 amide bonds. The van der Waals surface area contributed by atoms with Gasteiger partial charge in [0.05, 0.1) is 19.6 Å². The molecule has 1 aromatic rings. The van der Waals surface area contributed by atoms with Crippen LogP contribution >= 0.6 is 0 Å². The number of amides is 1. The maximum atomic E-state index is 12.9. The maximum Gasteiger partial charge on any atom is 0.308 e. The van der Waals surface area contributed by atoms with Crippen molar-refractivity contribution in [3.63, 3.8) is 0 Å². The highest BCUT2D eigenvalue weighted by Crippen LogP contribution is 2.33. The van der Waals surface area contributed by atoms with E-state index in [1.54, 1.807) is 0 Å². The lowest BCUT2D eigenvalue weighted by atomic mass is 9.97. The normalized spacial score (nSPS) is 19.4. The highest BCUT2D eigenvalue weighted by Gasteiger charge is 2.31. The van der Waals surface area contributed by atoms with Crippen molar-refractivity contribution >= 4 is 11.9 Å². The summed E-state index contributed by atoms with van der Waals surface area (Å²) >= 11 is 0. The number of carbonyl (C=O) groups excluding carboxylic acids is 2. The lowest BCUT2D eigenvalue weighted by molar-refractivity contribution is -0.149. The SMILES string of the molecule is COC(=O)C1CCN(C(=O)CN(CC2CC2)C(C)c2ccccc2)CC1. The molecule has 1 saturated heterocycles. The molecular weight excluding hydrogens is 328 g/mol. The first-order chi connectivity index (χ1) is 12.6. The molecule has 1 aromatic carbocycles. The summed E-state index contributed by atoms with van der Waals surface area (Å²) in [6.07, 6.45) is 3.96. The number of piperidine rings is 1. The van der Waals surface area contributed by atoms with Crippen LogP contribution < -0.4 is 0 Å². The van der Waals surface area contributed by atoms with E-state index in [1.165, 1.54) is 25.5 Å². The lowest BCUT2D eigenvalue weighted by Gasteiger charge is -2.34. The van der Waals surface area contributed by atoms with Gasteiger partial charge in [-0.05, 0) is 44.1 Å². The summed E-state index contributed by atoms with van der Waals surface area (Å²) in [5.41, 5.74) is 1.25. The number of hydrogen-bond acceptors (Lipinski definition) is 4. The molecule has 3 rings (SSSR count). The minimum atomic E-state index is -0.148. The van der Waals surface area contributed by atoms with Crippen LogP contribution in [-0.2, 0) is 14.3 Å². The molecule has 0 bridgehead atoms. The van der Waals surface area contributed by atoms with E-state index in [2.05, 4.69) is 36.1 Å². The van der Waals surface area contributed by atoms with Crippen molar-refractivity contribution in [1.82, 2.24) is 9.80 Å². The fourth-order valence-corrected chi connectivity index (χ4v) is 3.74. The van der Waals surface area contributed by atoms with E-state index >= 15 is 0 Å². The first kappa shape index (κ1) is 18.9. The van der Waals surface area contributed by atoms with E-state index in [0.717, 1.165) is 12.5 Å². The maximum absolute atomic E-state index is 12.9. The predicted octanol–water partition coefficient (Wildman–Crippen LogP) is 2.87. The van der Waals surface area contributed by atoms with E-state index in [4.69, 9.17) is 4.74 Å². The van der Waals surface area contributed by atoms with Crippen LogP contribution in [0.1, 0.15) is 44.2 Å². The Morgan fingerprint density at radius 1 is 1.15 bits per heavy atom. The monoisotopic (exact) mass is 358 g/mol. The van der Waals surface area contributed by atoms with Gasteiger partial charge >= 0.3 is 5.97 Å². The Morgan fingerprint density at radius 3 is 2.38 bits per heavy atom. The molecule has 2 fully saturated rings. The Kier molecular flexibility index (Phi) is 6.30. The fraction of sp³-hybridized carbons (Fsp3) is 0.619. The van der Waals surface area contributed by atoms with Gasteiger partial charge in [-0.2, -0.15) is 0 Å². The second-order valence-corrected chi connectivity index (χ2v) is 7.64. The molecule has 5 heteroatoms. The third kappa shape index (κ3) is 4.85. The van der Waals surface area contributed by atoms with Gasteiger partial charge in [0, 0.05) is 25.7 Å². The van der Waals surface area contributed by atoms with Gasteiger partial charge < -0.3 is 9.64 Å². The van der Waals surface area contributed by atoms with Crippen molar-refractivity contribution in [2.45, 2.75) is 38.6 Å². The minimum absolute atomic E-state index is 0.0603. The zero-order chi connectivity index (χ0) is 18.5. The van der Waals surface area contributed by atoms with Crippen LogP contribution in [0, 0.1) is 11.8 Å². The molecule has 1 atom stereocenters. The van der Waals surface area contributed by atoms with E-state index < -0.39 is 0 Å². The molecule has 26 heavy (non-hydrogen) atoms. The van der Waals surface area contributed by atoms with Crippen LogP contribution in [0.5, 0.6) is 0 Å². The van der Waals surface area contributed by atoms with Crippen molar-refractivity contribution in [3.05, 3.63) is 35.9 Å². The van der Waals surface area contributed by atoms with E-state index in [9.17, 15) is 9.59 Å². The van der Waals surface area contributed by atoms with Gasteiger partial charge in [0.25, 0.3) is 0 Å². The minimum Gasteiger partial charge on any atom is -0.469 e. The van der Waals surface area contributed by atoms with Crippen LogP contribution in [0.3, 0.4) is 0 Å². The Balaban J connectivity index is 1.58. The van der Waals surface area contributed by atoms with Crippen LogP contribution in [0.2, 0.25) is 0 Å². The quantitative estimate of drug-likeness (QED) is 0.703. The highest BCUT2D eigenvalue weighted by molar-refractivity contribution is 5.79. The van der Waals surface area contributed by atoms with E-state index in [-0.39, 0.29) is 23.8 Å². The third-order valence-electron chi connectivity index (χ3n) is 5.74. The second-order valence-electron chi connectivity index (χ2n) is 7.64. The van der Waals surface area contributed by atoms with Crippen molar-refractivity contribution in [1.29, 1.82) is 0 Å². The molecule has 2 aliphatic rings. The summed E-state index contributed by atoms with van der Waals surface area (Å²) in [6, 6.07) is 10.6. The number of benzene rings is 1. The van der Waals surface area contributed by atoms with Crippen molar-refractivity contribution in [2.75, 3.05) is 33.3 Å². The average Bonchev–Trinajstić information content (AvgIpc) is 3.51. The molecule has 1 unspecified atom stereocenters. The number of methoxy groups -OCH3 is 1. The standard InChI is InChI=1S/C21H30N2O3/c1-16(18-6-4-3-5-7-18)23(14-17-8-9-17)15-20(24)22-12-10-19(11-13-22)21(25)26-2/h3-7,16-17,19H,8-15H2,1-2H3. The first-order valence-electron chi connectivity index (χ1n) is 9.73. The van der Waals surface area contributed by atoms with E-state index in [1.807, 2.05) is 11.0 Å².